The predicted molar refractivity (Wildman–Crippen MR) is 110 cm³/mol. The summed E-state index contributed by atoms with van der Waals surface area (Å²) >= 11 is 0. The molecule has 1 aliphatic carbocycles. The van der Waals surface area contributed by atoms with Crippen LogP contribution in [0.2, 0.25) is 0 Å². The van der Waals surface area contributed by atoms with Crippen molar-refractivity contribution < 1.29 is 19.5 Å². The zero-order valence-corrected chi connectivity index (χ0v) is 15.9. The molecule has 8 nitrogen and oxygen atoms in total. The van der Waals surface area contributed by atoms with Gasteiger partial charge in [0.25, 0.3) is 0 Å². The van der Waals surface area contributed by atoms with Crippen LogP contribution in [0.3, 0.4) is 0 Å². The van der Waals surface area contributed by atoms with E-state index in [1.807, 2.05) is 24.3 Å². The first-order valence-corrected chi connectivity index (χ1v) is 9.46. The molecule has 0 aliphatic heterocycles. The zero-order chi connectivity index (χ0) is 20.8. The van der Waals surface area contributed by atoms with Gasteiger partial charge in [0, 0.05) is 12.2 Å². The lowest BCUT2D eigenvalue weighted by molar-refractivity contribution is -0.139. The maximum atomic E-state index is 12.3. The average molecular weight is 396 g/mol. The minimum absolute atomic E-state index is 0.116. The molecule has 8 heteroatoms. The maximum Gasteiger partial charge on any atom is 0.326 e. The number of benzene rings is 2. The highest BCUT2D eigenvalue weighted by Gasteiger charge is 2.21. The molecule has 3 amide bonds. The number of carboxylic acid groups (broad SMARTS) is 1. The molecule has 2 aromatic carbocycles. The molecule has 152 valence electrons. The Kier molecular flexibility index (Phi) is 6.46. The van der Waals surface area contributed by atoms with Crippen molar-refractivity contribution in [2.75, 3.05) is 18.4 Å². The summed E-state index contributed by atoms with van der Waals surface area (Å²) < 4.78 is 0. The number of anilines is 1. The molecule has 0 heterocycles. The molecule has 0 saturated carbocycles. The van der Waals surface area contributed by atoms with Gasteiger partial charge in [0.1, 0.15) is 6.04 Å². The lowest BCUT2D eigenvalue weighted by Gasteiger charge is -2.16. The fourth-order valence-corrected chi connectivity index (χ4v) is 3.41. The van der Waals surface area contributed by atoms with Crippen LogP contribution < -0.4 is 21.7 Å². The summed E-state index contributed by atoms with van der Waals surface area (Å²) in [4.78, 5) is 34.8. The Labute approximate surface area is 168 Å². The lowest BCUT2D eigenvalue weighted by Crippen LogP contribution is -2.43. The summed E-state index contributed by atoms with van der Waals surface area (Å²) in [5, 5.41) is 17.1. The number of urea groups is 1. The molecule has 3 rings (SSSR count). The summed E-state index contributed by atoms with van der Waals surface area (Å²) in [6.07, 6.45) is 1.39. The van der Waals surface area contributed by atoms with Crippen molar-refractivity contribution in [1.29, 1.82) is 0 Å². The Balaban J connectivity index is 1.55. The number of fused-ring (bicyclic) bond motifs is 3. The number of carboxylic acids is 1. The van der Waals surface area contributed by atoms with Crippen molar-refractivity contribution >= 4 is 23.6 Å². The summed E-state index contributed by atoms with van der Waals surface area (Å²) in [7, 11) is 0. The first-order valence-electron chi connectivity index (χ1n) is 9.46. The van der Waals surface area contributed by atoms with Gasteiger partial charge >= 0.3 is 12.0 Å². The Bertz CT molecular complexity index is 929. The normalized spacial score (nSPS) is 12.4. The molecule has 1 aliphatic rings. The quantitative estimate of drug-likeness (QED) is 0.370. The minimum Gasteiger partial charge on any atom is -0.480 e. The predicted octanol–water partition coefficient (Wildman–Crippen LogP) is 1.69. The number of rotatable bonds is 8. The standard InChI is InChI=1S/C21H24N4O4/c22-12-19(26)23-9-3-6-18(20(27)28)25-21(29)24-15-7-8-17-14(11-15)10-13-4-1-2-5-16(13)17/h1-2,4-5,7-8,11,18H,3,6,9-10,12,22H2,(H,23,26)(H,27,28)(H2,24,25,29)/t18-/m0/s1. The van der Waals surface area contributed by atoms with Crippen molar-refractivity contribution in [3.63, 3.8) is 0 Å². The number of nitrogens with two attached hydrogens (primary N) is 1. The first-order chi connectivity index (χ1) is 14.0. The van der Waals surface area contributed by atoms with Crippen LogP contribution in [0.4, 0.5) is 10.5 Å². The number of hydrogen-bond acceptors (Lipinski definition) is 4. The molecule has 0 bridgehead atoms. The van der Waals surface area contributed by atoms with Crippen LogP contribution in [0.25, 0.3) is 11.1 Å². The number of nitrogens with one attached hydrogen (secondary N) is 3. The van der Waals surface area contributed by atoms with Gasteiger partial charge in [0.15, 0.2) is 0 Å². The Morgan fingerprint density at radius 2 is 1.83 bits per heavy atom. The second kappa shape index (κ2) is 9.20. The van der Waals surface area contributed by atoms with Crippen molar-refractivity contribution in [2.45, 2.75) is 25.3 Å². The maximum absolute atomic E-state index is 12.3. The van der Waals surface area contributed by atoms with Crippen LogP contribution in [-0.2, 0) is 16.0 Å². The molecule has 29 heavy (non-hydrogen) atoms. The van der Waals surface area contributed by atoms with Gasteiger partial charge in [-0.2, -0.15) is 0 Å². The van der Waals surface area contributed by atoms with Crippen molar-refractivity contribution in [3.8, 4) is 11.1 Å². The molecule has 0 aromatic heterocycles. The van der Waals surface area contributed by atoms with Crippen LogP contribution in [0, 0.1) is 0 Å². The van der Waals surface area contributed by atoms with E-state index in [4.69, 9.17) is 5.73 Å². The monoisotopic (exact) mass is 396 g/mol. The summed E-state index contributed by atoms with van der Waals surface area (Å²) in [6, 6.07) is 12.2. The Hall–Kier alpha value is -3.39. The molecule has 0 spiro atoms. The molecule has 0 unspecified atom stereocenters. The molecule has 0 saturated heterocycles. The zero-order valence-electron chi connectivity index (χ0n) is 15.9. The van der Waals surface area contributed by atoms with Crippen molar-refractivity contribution in [3.05, 3.63) is 53.6 Å². The second-order valence-corrected chi connectivity index (χ2v) is 6.89. The van der Waals surface area contributed by atoms with Gasteiger partial charge in [-0.25, -0.2) is 9.59 Å². The van der Waals surface area contributed by atoms with E-state index >= 15 is 0 Å². The molecular formula is C21H24N4O4. The highest BCUT2D eigenvalue weighted by Crippen LogP contribution is 2.37. The van der Waals surface area contributed by atoms with E-state index in [1.165, 1.54) is 11.1 Å². The van der Waals surface area contributed by atoms with E-state index in [9.17, 15) is 19.5 Å². The number of aliphatic carboxylic acids is 1. The average Bonchev–Trinajstić information content (AvgIpc) is 3.07. The van der Waals surface area contributed by atoms with Crippen LogP contribution in [0.15, 0.2) is 42.5 Å². The molecular weight excluding hydrogens is 372 g/mol. The SMILES string of the molecule is NCC(=O)NCCC[C@H](NC(=O)Nc1ccc2c(c1)Cc1ccccc1-2)C(=O)O. The van der Waals surface area contributed by atoms with Gasteiger partial charge in [-0.15, -0.1) is 0 Å². The van der Waals surface area contributed by atoms with Gasteiger partial charge < -0.3 is 26.8 Å². The fourth-order valence-electron chi connectivity index (χ4n) is 3.41. The molecule has 1 atom stereocenters. The molecule has 2 aromatic rings. The third-order valence-corrected chi connectivity index (χ3v) is 4.83. The van der Waals surface area contributed by atoms with E-state index in [0.717, 1.165) is 17.5 Å². The number of hydrogen-bond donors (Lipinski definition) is 5. The fraction of sp³-hybridized carbons (Fsp3) is 0.286. The first kappa shape index (κ1) is 20.3. The van der Waals surface area contributed by atoms with Gasteiger partial charge in [-0.05, 0) is 53.6 Å². The van der Waals surface area contributed by atoms with E-state index in [0.29, 0.717) is 18.7 Å². The molecule has 6 N–H and O–H groups in total. The van der Waals surface area contributed by atoms with E-state index in [2.05, 4.69) is 28.1 Å². The van der Waals surface area contributed by atoms with Crippen LogP contribution in [0.1, 0.15) is 24.0 Å². The minimum atomic E-state index is -1.13. The van der Waals surface area contributed by atoms with Crippen molar-refractivity contribution in [2.24, 2.45) is 5.73 Å². The third kappa shape index (κ3) is 5.11. The van der Waals surface area contributed by atoms with E-state index in [1.54, 1.807) is 6.07 Å². The summed E-state index contributed by atoms with van der Waals surface area (Å²) in [5.74, 6) is -1.43. The third-order valence-electron chi connectivity index (χ3n) is 4.83. The van der Waals surface area contributed by atoms with E-state index < -0.39 is 18.0 Å². The van der Waals surface area contributed by atoms with Crippen LogP contribution in [0.5, 0.6) is 0 Å². The van der Waals surface area contributed by atoms with Gasteiger partial charge in [0.2, 0.25) is 5.91 Å². The van der Waals surface area contributed by atoms with Crippen LogP contribution >= 0.6 is 0 Å². The van der Waals surface area contributed by atoms with Crippen molar-refractivity contribution in [1.82, 2.24) is 10.6 Å². The van der Waals surface area contributed by atoms with Crippen LogP contribution in [-0.4, -0.2) is 42.1 Å². The molecule has 0 radical (unpaired) electrons. The van der Waals surface area contributed by atoms with Gasteiger partial charge in [-0.3, -0.25) is 4.79 Å². The lowest BCUT2D eigenvalue weighted by atomic mass is 10.1. The Morgan fingerprint density at radius 1 is 1.07 bits per heavy atom. The smallest absolute Gasteiger partial charge is 0.326 e. The Morgan fingerprint density at radius 3 is 2.59 bits per heavy atom. The number of amides is 3. The van der Waals surface area contributed by atoms with Gasteiger partial charge in [-0.1, -0.05) is 30.3 Å². The van der Waals surface area contributed by atoms with E-state index in [-0.39, 0.29) is 18.9 Å². The molecule has 0 fully saturated rings. The number of carbonyl (C=O) groups excluding carboxylic acids is 2. The largest absolute Gasteiger partial charge is 0.480 e. The highest BCUT2D eigenvalue weighted by atomic mass is 16.4. The van der Waals surface area contributed by atoms with Gasteiger partial charge in [0.05, 0.1) is 6.54 Å². The number of carbonyl (C=O) groups is 3. The topological polar surface area (TPSA) is 134 Å². The highest BCUT2D eigenvalue weighted by molar-refractivity contribution is 5.93. The second-order valence-electron chi connectivity index (χ2n) is 6.89. The summed E-state index contributed by atoms with van der Waals surface area (Å²) in [6.45, 7) is 0.184. The summed E-state index contributed by atoms with van der Waals surface area (Å²) in [5.41, 5.74) is 10.5.